The summed E-state index contributed by atoms with van der Waals surface area (Å²) < 4.78 is 2.27. The van der Waals surface area contributed by atoms with Gasteiger partial charge in [0.05, 0.1) is 12.2 Å². The summed E-state index contributed by atoms with van der Waals surface area (Å²) in [4.78, 5) is 16.3. The zero-order valence-electron chi connectivity index (χ0n) is 14.2. The summed E-state index contributed by atoms with van der Waals surface area (Å²) in [7, 11) is 0. The second-order valence-corrected chi connectivity index (χ2v) is 6.27. The van der Waals surface area contributed by atoms with Crippen LogP contribution in [0.25, 0.3) is 10.9 Å². The van der Waals surface area contributed by atoms with E-state index < -0.39 is 0 Å². The fraction of sp³-hybridized carbons (Fsp3) is 0.300. The molecule has 0 fully saturated rings. The molecule has 0 aliphatic heterocycles. The summed E-state index contributed by atoms with van der Waals surface area (Å²) in [5.41, 5.74) is 3.34. The third-order valence-electron chi connectivity index (χ3n) is 4.19. The van der Waals surface area contributed by atoms with Gasteiger partial charge in [0.2, 0.25) is 5.91 Å². The third-order valence-corrected chi connectivity index (χ3v) is 4.19. The van der Waals surface area contributed by atoms with E-state index in [1.54, 1.807) is 6.20 Å². The number of aryl methyl sites for hydroxylation is 1. The van der Waals surface area contributed by atoms with E-state index in [0.717, 1.165) is 12.1 Å². The van der Waals surface area contributed by atoms with Crippen molar-refractivity contribution in [3.8, 4) is 0 Å². The highest BCUT2D eigenvalue weighted by Crippen LogP contribution is 2.25. The van der Waals surface area contributed by atoms with E-state index in [1.807, 2.05) is 18.2 Å². The van der Waals surface area contributed by atoms with Gasteiger partial charge >= 0.3 is 0 Å². The average Bonchev–Trinajstić information content (AvgIpc) is 2.98. The lowest BCUT2D eigenvalue weighted by Gasteiger charge is -2.08. The molecule has 0 aliphatic carbocycles. The van der Waals surface area contributed by atoms with Crippen LogP contribution in [0.2, 0.25) is 0 Å². The predicted molar refractivity (Wildman–Crippen MR) is 96.7 cm³/mol. The first-order valence-corrected chi connectivity index (χ1v) is 8.40. The van der Waals surface area contributed by atoms with Crippen LogP contribution in [-0.2, 0) is 17.8 Å². The second-order valence-electron chi connectivity index (χ2n) is 6.27. The molecule has 0 atom stereocenters. The van der Waals surface area contributed by atoms with Crippen molar-refractivity contribution in [1.82, 2.24) is 14.9 Å². The van der Waals surface area contributed by atoms with Crippen LogP contribution in [0.3, 0.4) is 0 Å². The molecular formula is C20H23N3O. The highest BCUT2D eigenvalue weighted by molar-refractivity contribution is 5.85. The first-order valence-electron chi connectivity index (χ1n) is 8.40. The van der Waals surface area contributed by atoms with Crippen molar-refractivity contribution in [3.05, 3.63) is 66.1 Å². The molecule has 0 radical (unpaired) electrons. The van der Waals surface area contributed by atoms with Crippen molar-refractivity contribution in [3.63, 3.8) is 0 Å². The minimum atomic E-state index is 0.0574. The Hall–Kier alpha value is -2.62. The van der Waals surface area contributed by atoms with Gasteiger partial charge in [0.1, 0.15) is 0 Å². The highest BCUT2D eigenvalue weighted by Gasteiger charge is 2.11. The summed E-state index contributed by atoms with van der Waals surface area (Å²) >= 11 is 0. The number of carbonyl (C=O) groups is 1. The molecule has 0 spiro atoms. The third kappa shape index (κ3) is 3.65. The molecular weight excluding hydrogens is 298 g/mol. The summed E-state index contributed by atoms with van der Waals surface area (Å²) in [6.07, 6.45) is 5.15. The van der Waals surface area contributed by atoms with Gasteiger partial charge in [-0.2, -0.15) is 0 Å². The molecule has 124 valence electrons. The maximum atomic E-state index is 12.1. The average molecular weight is 321 g/mol. The number of pyridine rings is 1. The van der Waals surface area contributed by atoms with Gasteiger partial charge in [-0.3, -0.25) is 9.78 Å². The molecule has 3 rings (SSSR count). The molecule has 0 aliphatic rings. The van der Waals surface area contributed by atoms with Gasteiger partial charge in [-0.15, -0.1) is 0 Å². The highest BCUT2D eigenvalue weighted by atomic mass is 16.1. The molecule has 2 heterocycles. The molecule has 4 heteroatoms. The van der Waals surface area contributed by atoms with Crippen LogP contribution in [-0.4, -0.2) is 15.5 Å². The van der Waals surface area contributed by atoms with E-state index in [-0.39, 0.29) is 5.91 Å². The van der Waals surface area contributed by atoms with E-state index in [9.17, 15) is 4.79 Å². The quantitative estimate of drug-likeness (QED) is 0.749. The van der Waals surface area contributed by atoms with Crippen molar-refractivity contribution in [2.45, 2.75) is 39.3 Å². The van der Waals surface area contributed by atoms with Crippen LogP contribution in [0.1, 0.15) is 37.6 Å². The van der Waals surface area contributed by atoms with Gasteiger partial charge < -0.3 is 9.88 Å². The van der Waals surface area contributed by atoms with Crippen LogP contribution < -0.4 is 5.32 Å². The Morgan fingerprint density at radius 1 is 1.17 bits per heavy atom. The molecule has 24 heavy (non-hydrogen) atoms. The van der Waals surface area contributed by atoms with Gasteiger partial charge in [0, 0.05) is 35.8 Å². The minimum absolute atomic E-state index is 0.0574. The molecule has 1 amide bonds. The lowest BCUT2D eigenvalue weighted by atomic mass is 10.1. The van der Waals surface area contributed by atoms with Crippen molar-refractivity contribution in [2.24, 2.45) is 0 Å². The summed E-state index contributed by atoms with van der Waals surface area (Å²) in [5, 5.41) is 4.18. The van der Waals surface area contributed by atoms with Crippen LogP contribution in [0.5, 0.6) is 0 Å². The topological polar surface area (TPSA) is 46.9 Å². The Morgan fingerprint density at radius 3 is 2.71 bits per heavy atom. The first kappa shape index (κ1) is 16.2. The number of aromatic nitrogens is 2. The predicted octanol–water partition coefficient (Wildman–Crippen LogP) is 3.87. The van der Waals surface area contributed by atoms with E-state index in [0.29, 0.717) is 19.0 Å². The molecule has 0 saturated heterocycles. The number of nitrogens with zero attached hydrogens (tertiary/aromatic N) is 2. The number of para-hydroxylation sites is 1. The summed E-state index contributed by atoms with van der Waals surface area (Å²) in [6, 6.07) is 14.5. The minimum Gasteiger partial charge on any atom is -0.350 e. The van der Waals surface area contributed by atoms with E-state index in [4.69, 9.17) is 0 Å². The number of fused-ring (bicyclic) bond motifs is 1. The van der Waals surface area contributed by atoms with E-state index in [1.165, 1.54) is 16.5 Å². The Labute approximate surface area is 142 Å². The molecule has 0 unspecified atom stereocenters. The fourth-order valence-corrected chi connectivity index (χ4v) is 2.93. The molecule has 0 bridgehead atoms. The van der Waals surface area contributed by atoms with Gasteiger partial charge in [-0.05, 0) is 44.0 Å². The second kappa shape index (κ2) is 7.30. The van der Waals surface area contributed by atoms with Crippen LogP contribution >= 0.6 is 0 Å². The number of nitrogens with one attached hydrogen (secondary N) is 1. The normalized spacial score (nSPS) is 11.1. The number of benzene rings is 1. The van der Waals surface area contributed by atoms with Gasteiger partial charge in [0.15, 0.2) is 0 Å². The maximum absolute atomic E-state index is 12.1. The van der Waals surface area contributed by atoms with Gasteiger partial charge in [0.25, 0.3) is 0 Å². The molecule has 1 aromatic carbocycles. The Morgan fingerprint density at radius 2 is 1.96 bits per heavy atom. The summed E-state index contributed by atoms with van der Waals surface area (Å²) in [5.74, 6) is 0.0574. The number of carbonyl (C=O) groups excluding carboxylic acids is 1. The van der Waals surface area contributed by atoms with Crippen molar-refractivity contribution < 1.29 is 4.79 Å². The maximum Gasteiger partial charge on any atom is 0.220 e. The van der Waals surface area contributed by atoms with E-state index >= 15 is 0 Å². The van der Waals surface area contributed by atoms with Crippen molar-refractivity contribution in [2.75, 3.05) is 0 Å². The zero-order chi connectivity index (χ0) is 16.9. The summed E-state index contributed by atoms with van der Waals surface area (Å²) in [6.45, 7) is 4.83. The SMILES string of the molecule is CC(C)n1cc(CCC(=O)NCc2ccccn2)c2ccccc21. The van der Waals surface area contributed by atoms with Gasteiger partial charge in [-0.25, -0.2) is 0 Å². The molecule has 2 aromatic heterocycles. The smallest absolute Gasteiger partial charge is 0.220 e. The first-order chi connectivity index (χ1) is 11.6. The lowest BCUT2D eigenvalue weighted by Crippen LogP contribution is -2.23. The van der Waals surface area contributed by atoms with Crippen LogP contribution in [0.15, 0.2) is 54.9 Å². The van der Waals surface area contributed by atoms with Crippen molar-refractivity contribution >= 4 is 16.8 Å². The Bertz CT molecular complexity index is 821. The molecule has 4 nitrogen and oxygen atoms in total. The number of amides is 1. The van der Waals surface area contributed by atoms with Gasteiger partial charge in [-0.1, -0.05) is 24.3 Å². The number of hydrogen-bond acceptors (Lipinski definition) is 2. The Kier molecular flexibility index (Phi) is 4.94. The number of rotatable bonds is 6. The van der Waals surface area contributed by atoms with Crippen LogP contribution in [0, 0.1) is 0 Å². The lowest BCUT2D eigenvalue weighted by molar-refractivity contribution is -0.121. The monoisotopic (exact) mass is 321 g/mol. The Balaban J connectivity index is 1.64. The number of hydrogen-bond donors (Lipinski definition) is 1. The standard InChI is InChI=1S/C20H23N3O/c1-15(2)23-14-16(18-8-3-4-9-19(18)23)10-11-20(24)22-13-17-7-5-6-12-21-17/h3-9,12,14-15H,10-11,13H2,1-2H3,(H,22,24). The molecule has 1 N–H and O–H groups in total. The van der Waals surface area contributed by atoms with Crippen molar-refractivity contribution in [1.29, 1.82) is 0 Å². The fourth-order valence-electron chi connectivity index (χ4n) is 2.93. The molecule has 0 saturated carbocycles. The van der Waals surface area contributed by atoms with Crippen LogP contribution in [0.4, 0.5) is 0 Å². The zero-order valence-corrected chi connectivity index (χ0v) is 14.2. The van der Waals surface area contributed by atoms with E-state index in [2.05, 4.69) is 59.2 Å². The molecule has 3 aromatic rings. The largest absolute Gasteiger partial charge is 0.350 e.